The number of allylic oxidation sites excluding steroid dienone is 4. The second kappa shape index (κ2) is 7.17. The summed E-state index contributed by atoms with van der Waals surface area (Å²) in [6.07, 6.45) is 10.5. The van der Waals surface area contributed by atoms with Gasteiger partial charge in [0.1, 0.15) is 0 Å². The van der Waals surface area contributed by atoms with Crippen molar-refractivity contribution in [2.75, 3.05) is 7.11 Å². The van der Waals surface area contributed by atoms with E-state index in [1.54, 1.807) is 7.11 Å². The van der Waals surface area contributed by atoms with Gasteiger partial charge >= 0.3 is 0 Å². The highest BCUT2D eigenvalue weighted by atomic mass is 35.5. The maximum absolute atomic E-state index is 6.51. The molecule has 2 heteroatoms. The summed E-state index contributed by atoms with van der Waals surface area (Å²) in [5.41, 5.74) is 2.75. The van der Waals surface area contributed by atoms with Gasteiger partial charge in [0.2, 0.25) is 0 Å². The van der Waals surface area contributed by atoms with Crippen molar-refractivity contribution in [2.45, 2.75) is 51.4 Å². The van der Waals surface area contributed by atoms with E-state index in [2.05, 4.69) is 31.2 Å². The molecule has 1 saturated carbocycles. The van der Waals surface area contributed by atoms with E-state index in [9.17, 15) is 0 Å². The van der Waals surface area contributed by atoms with Gasteiger partial charge < -0.3 is 4.74 Å². The highest BCUT2D eigenvalue weighted by Crippen LogP contribution is 2.47. The molecule has 0 bridgehead atoms. The van der Waals surface area contributed by atoms with E-state index < -0.39 is 0 Å². The van der Waals surface area contributed by atoms with Gasteiger partial charge in [-0.1, -0.05) is 60.7 Å². The minimum Gasteiger partial charge on any atom is -0.501 e. The first-order valence-corrected chi connectivity index (χ1v) is 8.12. The molecular formula is C19H25ClO. The van der Waals surface area contributed by atoms with Crippen LogP contribution < -0.4 is 0 Å². The highest BCUT2D eigenvalue weighted by molar-refractivity contribution is 6.31. The molecule has 114 valence electrons. The van der Waals surface area contributed by atoms with E-state index in [1.165, 1.54) is 43.2 Å². The van der Waals surface area contributed by atoms with E-state index in [1.807, 2.05) is 19.1 Å². The third-order valence-corrected chi connectivity index (χ3v) is 5.07. The smallest absolute Gasteiger partial charge is 0.0924 e. The molecule has 1 aromatic carbocycles. The lowest BCUT2D eigenvalue weighted by Crippen LogP contribution is -2.30. The fraction of sp³-hybridized carbons (Fsp3) is 0.474. The quantitative estimate of drug-likeness (QED) is 0.487. The predicted octanol–water partition coefficient (Wildman–Crippen LogP) is 6.04. The van der Waals surface area contributed by atoms with Crippen molar-refractivity contribution in [3.63, 3.8) is 0 Å². The van der Waals surface area contributed by atoms with Gasteiger partial charge in [-0.25, -0.2) is 0 Å². The zero-order chi connectivity index (χ0) is 15.3. The van der Waals surface area contributed by atoms with Gasteiger partial charge in [-0.3, -0.25) is 0 Å². The van der Waals surface area contributed by atoms with Gasteiger partial charge in [0.25, 0.3) is 0 Å². The van der Waals surface area contributed by atoms with Gasteiger partial charge in [0, 0.05) is 10.4 Å². The normalized spacial score (nSPS) is 19.4. The Morgan fingerprint density at radius 3 is 2.38 bits per heavy atom. The molecular weight excluding hydrogens is 280 g/mol. The lowest BCUT2D eigenvalue weighted by atomic mass is 9.65. The molecule has 0 unspecified atom stereocenters. The Balaban J connectivity index is 2.45. The summed E-state index contributed by atoms with van der Waals surface area (Å²) in [5.74, 6) is 0.930. The summed E-state index contributed by atoms with van der Waals surface area (Å²) >= 11 is 6.51. The largest absolute Gasteiger partial charge is 0.501 e. The first-order chi connectivity index (χ1) is 10.1. The first-order valence-electron chi connectivity index (χ1n) is 7.75. The third kappa shape index (κ3) is 3.52. The van der Waals surface area contributed by atoms with Crippen molar-refractivity contribution in [1.82, 2.24) is 0 Å². The zero-order valence-corrected chi connectivity index (χ0v) is 14.0. The van der Waals surface area contributed by atoms with Crippen LogP contribution in [0, 0.1) is 0 Å². The molecule has 0 amide bonds. The zero-order valence-electron chi connectivity index (χ0n) is 13.3. The molecule has 0 heterocycles. The van der Waals surface area contributed by atoms with Gasteiger partial charge in [0.05, 0.1) is 12.9 Å². The Labute approximate surface area is 133 Å². The molecule has 0 atom stereocenters. The number of ether oxygens (including phenoxy) is 1. The van der Waals surface area contributed by atoms with Gasteiger partial charge in [-0.15, -0.1) is 0 Å². The molecule has 0 spiro atoms. The van der Waals surface area contributed by atoms with Crippen LogP contribution in [0.25, 0.3) is 0 Å². The standard InChI is InChI=1S/C19H25ClO/c1-15(11-12-16(2)21-3)19(13-7-4-8-14-19)17-9-5-6-10-18(17)20/h5-6,9-12H,4,7-8,13-14H2,1-3H3/b15-11+,16-12+. The summed E-state index contributed by atoms with van der Waals surface area (Å²) in [6, 6.07) is 8.31. The topological polar surface area (TPSA) is 9.23 Å². The molecule has 1 aliphatic carbocycles. The van der Waals surface area contributed by atoms with E-state index in [0.29, 0.717) is 0 Å². The molecule has 21 heavy (non-hydrogen) atoms. The lowest BCUT2D eigenvalue weighted by Gasteiger charge is -2.39. The maximum Gasteiger partial charge on any atom is 0.0924 e. The van der Waals surface area contributed by atoms with E-state index in [-0.39, 0.29) is 5.41 Å². The van der Waals surface area contributed by atoms with Crippen LogP contribution in [0.5, 0.6) is 0 Å². The van der Waals surface area contributed by atoms with Crippen LogP contribution in [0.1, 0.15) is 51.5 Å². The van der Waals surface area contributed by atoms with Gasteiger partial charge in [-0.05, 0) is 44.4 Å². The van der Waals surface area contributed by atoms with Gasteiger partial charge in [0.15, 0.2) is 0 Å². The van der Waals surface area contributed by atoms with Gasteiger partial charge in [-0.2, -0.15) is 0 Å². The molecule has 0 radical (unpaired) electrons. The predicted molar refractivity (Wildman–Crippen MR) is 90.7 cm³/mol. The Morgan fingerprint density at radius 1 is 1.10 bits per heavy atom. The van der Waals surface area contributed by atoms with Crippen molar-refractivity contribution in [3.8, 4) is 0 Å². The summed E-state index contributed by atoms with van der Waals surface area (Å²) < 4.78 is 5.24. The number of hydrogen-bond acceptors (Lipinski definition) is 1. The van der Waals surface area contributed by atoms with Crippen LogP contribution in [0.4, 0.5) is 0 Å². The Morgan fingerprint density at radius 2 is 1.76 bits per heavy atom. The second-order valence-electron chi connectivity index (χ2n) is 5.95. The molecule has 2 rings (SSSR count). The monoisotopic (exact) mass is 304 g/mol. The maximum atomic E-state index is 6.51. The summed E-state index contributed by atoms with van der Waals surface area (Å²) in [4.78, 5) is 0. The summed E-state index contributed by atoms with van der Waals surface area (Å²) in [7, 11) is 1.71. The Kier molecular flexibility index (Phi) is 5.52. The minimum atomic E-state index is 0.0844. The molecule has 1 aromatic rings. The van der Waals surface area contributed by atoms with Crippen molar-refractivity contribution < 1.29 is 4.74 Å². The molecule has 0 N–H and O–H groups in total. The molecule has 0 aliphatic heterocycles. The van der Waals surface area contributed by atoms with E-state index in [0.717, 1.165) is 10.8 Å². The molecule has 1 aliphatic rings. The lowest BCUT2D eigenvalue weighted by molar-refractivity contribution is 0.293. The number of halogens is 1. The van der Waals surface area contributed by atoms with Crippen LogP contribution in [0.3, 0.4) is 0 Å². The van der Waals surface area contributed by atoms with Crippen LogP contribution in [0.2, 0.25) is 5.02 Å². The fourth-order valence-electron chi connectivity index (χ4n) is 3.35. The van der Waals surface area contributed by atoms with Crippen LogP contribution in [-0.2, 0) is 10.2 Å². The number of rotatable bonds is 4. The van der Waals surface area contributed by atoms with E-state index in [4.69, 9.17) is 16.3 Å². The summed E-state index contributed by atoms with van der Waals surface area (Å²) in [5, 5.41) is 0.889. The SMILES string of the molecule is CO/C(C)=C/C=C(\C)C1(c2ccccc2Cl)CCCCC1. The molecule has 0 saturated heterocycles. The fourth-order valence-corrected chi connectivity index (χ4v) is 3.67. The third-order valence-electron chi connectivity index (χ3n) is 4.74. The highest BCUT2D eigenvalue weighted by Gasteiger charge is 2.36. The summed E-state index contributed by atoms with van der Waals surface area (Å²) in [6.45, 7) is 4.21. The molecule has 1 fully saturated rings. The average Bonchev–Trinajstić information content (AvgIpc) is 2.53. The van der Waals surface area contributed by atoms with Crippen molar-refractivity contribution in [2.24, 2.45) is 0 Å². The van der Waals surface area contributed by atoms with Crippen molar-refractivity contribution >= 4 is 11.6 Å². The minimum absolute atomic E-state index is 0.0844. The van der Waals surface area contributed by atoms with E-state index >= 15 is 0 Å². The molecule has 0 aromatic heterocycles. The number of benzene rings is 1. The van der Waals surface area contributed by atoms with Crippen molar-refractivity contribution in [3.05, 3.63) is 58.3 Å². The number of hydrogen-bond donors (Lipinski definition) is 0. The Bertz CT molecular complexity index is 536. The number of methoxy groups -OCH3 is 1. The van der Waals surface area contributed by atoms with Crippen LogP contribution >= 0.6 is 11.6 Å². The second-order valence-corrected chi connectivity index (χ2v) is 6.36. The van der Waals surface area contributed by atoms with Crippen LogP contribution in [-0.4, -0.2) is 7.11 Å². The Hall–Kier alpha value is -1.21. The van der Waals surface area contributed by atoms with Crippen molar-refractivity contribution in [1.29, 1.82) is 0 Å². The first kappa shape index (κ1) is 16.2. The average molecular weight is 305 g/mol. The van der Waals surface area contributed by atoms with Crippen LogP contribution in [0.15, 0.2) is 47.7 Å². The molecule has 1 nitrogen and oxygen atoms in total.